The van der Waals surface area contributed by atoms with Gasteiger partial charge in [0.05, 0.1) is 15.6 Å². The number of non-ortho nitro benzene ring substituents is 1. The number of rotatable bonds is 5. The van der Waals surface area contributed by atoms with Gasteiger partial charge in [0, 0.05) is 18.2 Å². The largest absolute Gasteiger partial charge is 0.373 e. The number of hydrogen-bond donors (Lipinski definition) is 2. The number of nitro benzene ring substituents is 1. The Morgan fingerprint density at radius 2 is 2.21 bits per heavy atom. The SMILES string of the molecule is CC(Nc1ccc([N+](=O)[O-])cc1Cl)C(=O)NC1CC1. The van der Waals surface area contributed by atoms with Gasteiger partial charge in [0.2, 0.25) is 5.91 Å². The van der Waals surface area contributed by atoms with Crippen LogP contribution in [0.1, 0.15) is 19.8 Å². The molecule has 1 aliphatic carbocycles. The summed E-state index contributed by atoms with van der Waals surface area (Å²) in [7, 11) is 0. The number of anilines is 1. The lowest BCUT2D eigenvalue weighted by Crippen LogP contribution is -2.38. The second kappa shape index (κ2) is 5.44. The van der Waals surface area contributed by atoms with Gasteiger partial charge in [-0.3, -0.25) is 14.9 Å². The van der Waals surface area contributed by atoms with Crippen LogP contribution >= 0.6 is 11.6 Å². The molecule has 1 aromatic rings. The van der Waals surface area contributed by atoms with Gasteiger partial charge in [0.15, 0.2) is 0 Å². The van der Waals surface area contributed by atoms with Crippen molar-refractivity contribution >= 4 is 28.9 Å². The zero-order chi connectivity index (χ0) is 14.0. The molecular weight excluding hydrogens is 270 g/mol. The molecule has 1 saturated carbocycles. The van der Waals surface area contributed by atoms with Crippen molar-refractivity contribution in [2.75, 3.05) is 5.32 Å². The predicted molar refractivity (Wildman–Crippen MR) is 72.4 cm³/mol. The zero-order valence-electron chi connectivity index (χ0n) is 10.4. The number of carbonyl (C=O) groups is 1. The Balaban J connectivity index is 2.01. The number of carbonyl (C=O) groups excluding carboxylic acids is 1. The minimum Gasteiger partial charge on any atom is -0.373 e. The van der Waals surface area contributed by atoms with Crippen LogP contribution in [0.15, 0.2) is 18.2 Å². The van der Waals surface area contributed by atoms with Crippen molar-refractivity contribution in [2.24, 2.45) is 0 Å². The molecule has 102 valence electrons. The minimum atomic E-state index is -0.515. The van der Waals surface area contributed by atoms with Crippen LogP contribution in [-0.4, -0.2) is 22.9 Å². The van der Waals surface area contributed by atoms with Crippen molar-refractivity contribution in [1.29, 1.82) is 0 Å². The topological polar surface area (TPSA) is 84.3 Å². The van der Waals surface area contributed by atoms with E-state index in [1.165, 1.54) is 18.2 Å². The summed E-state index contributed by atoms with van der Waals surface area (Å²) in [5.74, 6) is -0.100. The fourth-order valence-electron chi connectivity index (χ4n) is 1.59. The second-order valence-corrected chi connectivity index (χ2v) is 4.98. The Labute approximate surface area is 115 Å². The van der Waals surface area contributed by atoms with Gasteiger partial charge in [-0.05, 0) is 25.8 Å². The second-order valence-electron chi connectivity index (χ2n) is 4.57. The molecule has 19 heavy (non-hydrogen) atoms. The Bertz CT molecular complexity index is 517. The average Bonchev–Trinajstić information content (AvgIpc) is 3.15. The van der Waals surface area contributed by atoms with Crippen LogP contribution in [-0.2, 0) is 4.79 Å². The molecule has 1 amide bonds. The van der Waals surface area contributed by atoms with Gasteiger partial charge < -0.3 is 10.6 Å². The number of benzene rings is 1. The molecule has 0 saturated heterocycles. The molecule has 7 heteroatoms. The normalized spacial score (nSPS) is 15.7. The first-order chi connectivity index (χ1) is 8.97. The highest BCUT2D eigenvalue weighted by Gasteiger charge is 2.25. The first-order valence-electron chi connectivity index (χ1n) is 5.98. The quantitative estimate of drug-likeness (QED) is 0.641. The Morgan fingerprint density at radius 1 is 1.53 bits per heavy atom. The van der Waals surface area contributed by atoms with Crippen molar-refractivity contribution in [3.63, 3.8) is 0 Å². The molecule has 1 unspecified atom stereocenters. The standard InChI is InChI=1S/C12H14ClN3O3/c1-7(12(17)15-8-2-3-8)14-11-5-4-9(16(18)19)6-10(11)13/h4-8,14H,2-3H2,1H3,(H,15,17). The molecule has 0 bridgehead atoms. The van der Waals surface area contributed by atoms with Crippen molar-refractivity contribution in [2.45, 2.75) is 31.8 Å². The van der Waals surface area contributed by atoms with E-state index in [1.807, 2.05) is 0 Å². The van der Waals surface area contributed by atoms with Crippen LogP contribution in [0.2, 0.25) is 5.02 Å². The highest BCUT2D eigenvalue weighted by Crippen LogP contribution is 2.27. The number of hydrogen-bond acceptors (Lipinski definition) is 4. The monoisotopic (exact) mass is 283 g/mol. The fourth-order valence-corrected chi connectivity index (χ4v) is 1.82. The Kier molecular flexibility index (Phi) is 3.90. The molecule has 0 heterocycles. The van der Waals surface area contributed by atoms with E-state index in [0.29, 0.717) is 11.7 Å². The third-order valence-corrected chi connectivity index (χ3v) is 3.17. The Morgan fingerprint density at radius 3 is 2.74 bits per heavy atom. The average molecular weight is 284 g/mol. The van der Waals surface area contributed by atoms with E-state index in [9.17, 15) is 14.9 Å². The molecule has 1 atom stereocenters. The molecule has 2 N–H and O–H groups in total. The van der Waals surface area contributed by atoms with Gasteiger partial charge >= 0.3 is 0 Å². The molecule has 2 rings (SSSR count). The van der Waals surface area contributed by atoms with Crippen LogP contribution in [0, 0.1) is 10.1 Å². The first kappa shape index (κ1) is 13.6. The Hall–Kier alpha value is -1.82. The van der Waals surface area contributed by atoms with Crippen LogP contribution in [0.3, 0.4) is 0 Å². The van der Waals surface area contributed by atoms with Gasteiger partial charge in [-0.25, -0.2) is 0 Å². The third-order valence-electron chi connectivity index (χ3n) is 2.85. The first-order valence-corrected chi connectivity index (χ1v) is 6.36. The number of nitrogens with one attached hydrogen (secondary N) is 2. The van der Waals surface area contributed by atoms with E-state index in [4.69, 9.17) is 11.6 Å². The van der Waals surface area contributed by atoms with Crippen molar-refractivity contribution in [1.82, 2.24) is 5.32 Å². The van der Waals surface area contributed by atoms with E-state index in [1.54, 1.807) is 6.92 Å². The maximum Gasteiger partial charge on any atom is 0.271 e. The third kappa shape index (κ3) is 3.57. The highest BCUT2D eigenvalue weighted by molar-refractivity contribution is 6.33. The molecule has 0 radical (unpaired) electrons. The summed E-state index contributed by atoms with van der Waals surface area (Å²) < 4.78 is 0. The maximum atomic E-state index is 11.8. The summed E-state index contributed by atoms with van der Waals surface area (Å²) in [6.07, 6.45) is 2.05. The van der Waals surface area contributed by atoms with Crippen molar-refractivity contribution < 1.29 is 9.72 Å². The van der Waals surface area contributed by atoms with Crippen LogP contribution in [0.4, 0.5) is 11.4 Å². The van der Waals surface area contributed by atoms with Crippen LogP contribution in [0.5, 0.6) is 0 Å². The minimum absolute atomic E-state index is 0.0781. The summed E-state index contributed by atoms with van der Waals surface area (Å²) in [6.45, 7) is 1.72. The van der Waals surface area contributed by atoms with Crippen molar-refractivity contribution in [3.05, 3.63) is 33.3 Å². The smallest absolute Gasteiger partial charge is 0.271 e. The van der Waals surface area contributed by atoms with E-state index < -0.39 is 11.0 Å². The molecule has 0 aliphatic heterocycles. The zero-order valence-corrected chi connectivity index (χ0v) is 11.1. The summed E-state index contributed by atoms with van der Waals surface area (Å²) in [5.41, 5.74) is 0.427. The fraction of sp³-hybridized carbons (Fsp3) is 0.417. The lowest BCUT2D eigenvalue weighted by Gasteiger charge is -2.15. The van der Waals surface area contributed by atoms with E-state index in [0.717, 1.165) is 12.8 Å². The summed E-state index contributed by atoms with van der Waals surface area (Å²) in [4.78, 5) is 21.8. The molecule has 6 nitrogen and oxygen atoms in total. The predicted octanol–water partition coefficient (Wildman–Crippen LogP) is 2.33. The summed E-state index contributed by atoms with van der Waals surface area (Å²) in [6, 6.07) is 3.96. The van der Waals surface area contributed by atoms with Crippen LogP contribution < -0.4 is 10.6 Å². The molecule has 1 aliphatic rings. The van der Waals surface area contributed by atoms with Crippen molar-refractivity contribution in [3.8, 4) is 0 Å². The molecule has 1 fully saturated rings. The number of halogens is 1. The molecular formula is C12H14ClN3O3. The lowest BCUT2D eigenvalue weighted by molar-refractivity contribution is -0.384. The van der Waals surface area contributed by atoms with Gasteiger partial charge in [-0.1, -0.05) is 11.6 Å². The molecule has 0 spiro atoms. The summed E-state index contributed by atoms with van der Waals surface area (Å²) >= 11 is 5.94. The van der Waals surface area contributed by atoms with Gasteiger partial charge in [-0.2, -0.15) is 0 Å². The molecule has 1 aromatic carbocycles. The highest BCUT2D eigenvalue weighted by atomic mass is 35.5. The number of nitrogens with zero attached hydrogens (tertiary/aromatic N) is 1. The number of nitro groups is 1. The summed E-state index contributed by atoms with van der Waals surface area (Å²) in [5, 5.41) is 16.6. The van der Waals surface area contributed by atoms with Gasteiger partial charge in [-0.15, -0.1) is 0 Å². The van der Waals surface area contributed by atoms with Gasteiger partial charge in [0.25, 0.3) is 5.69 Å². The van der Waals surface area contributed by atoms with E-state index in [2.05, 4.69) is 10.6 Å². The lowest BCUT2D eigenvalue weighted by atomic mass is 10.2. The number of amides is 1. The maximum absolute atomic E-state index is 11.8. The van der Waals surface area contributed by atoms with E-state index >= 15 is 0 Å². The van der Waals surface area contributed by atoms with E-state index in [-0.39, 0.29) is 16.6 Å². The van der Waals surface area contributed by atoms with Crippen LogP contribution in [0.25, 0.3) is 0 Å². The molecule has 0 aromatic heterocycles. The van der Waals surface area contributed by atoms with Gasteiger partial charge in [0.1, 0.15) is 6.04 Å².